The number of amides is 1. The van der Waals surface area contributed by atoms with Gasteiger partial charge in [-0.15, -0.1) is 11.3 Å². The van der Waals surface area contributed by atoms with Gasteiger partial charge in [-0.1, -0.05) is 36.4 Å². The van der Waals surface area contributed by atoms with Gasteiger partial charge in [0.15, 0.2) is 0 Å². The van der Waals surface area contributed by atoms with Gasteiger partial charge < -0.3 is 15.8 Å². The molecular weight excluding hydrogens is 418 g/mol. The topological polar surface area (TPSA) is 67.6 Å². The molecule has 1 unspecified atom stereocenters. The van der Waals surface area contributed by atoms with Crippen LogP contribution in [0.4, 0.5) is 11.4 Å². The zero-order chi connectivity index (χ0) is 22.7. The van der Waals surface area contributed by atoms with E-state index in [1.807, 2.05) is 30.3 Å². The molecule has 4 rings (SSSR count). The fraction of sp³-hybridized carbons (Fsp3) is 0.192. The van der Waals surface area contributed by atoms with E-state index in [2.05, 4.69) is 54.5 Å². The first-order valence-electron chi connectivity index (χ1n) is 10.5. The average molecular weight is 446 g/mol. The van der Waals surface area contributed by atoms with E-state index in [9.17, 15) is 4.79 Å². The molecule has 0 saturated carbocycles. The van der Waals surface area contributed by atoms with E-state index in [4.69, 9.17) is 10.5 Å². The van der Waals surface area contributed by atoms with Crippen molar-refractivity contribution in [3.05, 3.63) is 88.8 Å². The van der Waals surface area contributed by atoms with Gasteiger partial charge >= 0.3 is 0 Å². The summed E-state index contributed by atoms with van der Waals surface area (Å²) in [6.07, 6.45) is 0. The lowest BCUT2D eigenvalue weighted by Crippen LogP contribution is -2.21. The summed E-state index contributed by atoms with van der Waals surface area (Å²) in [4.78, 5) is 15.7. The number of hydrogen-bond donors (Lipinski definition) is 2. The molecule has 32 heavy (non-hydrogen) atoms. The highest BCUT2D eigenvalue weighted by atomic mass is 32.1. The van der Waals surface area contributed by atoms with Crippen molar-refractivity contribution in [1.82, 2.24) is 4.90 Å². The zero-order valence-corrected chi connectivity index (χ0v) is 19.3. The maximum absolute atomic E-state index is 12.7. The molecule has 4 aromatic rings. The maximum Gasteiger partial charge on any atom is 0.265 e. The molecule has 1 amide bonds. The summed E-state index contributed by atoms with van der Waals surface area (Å²) in [5, 5.41) is 3.97. The molecule has 3 N–H and O–H groups in total. The third-order valence-electron chi connectivity index (χ3n) is 5.71. The molecule has 5 nitrogen and oxygen atoms in total. The van der Waals surface area contributed by atoms with Gasteiger partial charge in [0.1, 0.15) is 5.75 Å². The molecule has 0 bridgehead atoms. The number of anilines is 2. The quantitative estimate of drug-likeness (QED) is 0.346. The number of fused-ring (bicyclic) bond motifs is 1. The minimum absolute atomic E-state index is 0.143. The summed E-state index contributed by atoms with van der Waals surface area (Å²) < 4.78 is 6.34. The summed E-state index contributed by atoms with van der Waals surface area (Å²) in [5.74, 6) is 0.720. The Morgan fingerprint density at radius 3 is 2.56 bits per heavy atom. The van der Waals surface area contributed by atoms with Crippen LogP contribution in [0, 0.1) is 0 Å². The molecule has 0 aliphatic rings. The number of hydrogen-bond acceptors (Lipinski definition) is 5. The van der Waals surface area contributed by atoms with Crippen molar-refractivity contribution >= 4 is 38.7 Å². The van der Waals surface area contributed by atoms with E-state index >= 15 is 0 Å². The van der Waals surface area contributed by atoms with E-state index in [1.54, 1.807) is 19.2 Å². The van der Waals surface area contributed by atoms with Crippen molar-refractivity contribution in [3.63, 3.8) is 0 Å². The highest BCUT2D eigenvalue weighted by molar-refractivity contribution is 7.20. The summed E-state index contributed by atoms with van der Waals surface area (Å²) >= 11 is 1.50. The molecule has 0 aliphatic carbocycles. The van der Waals surface area contributed by atoms with E-state index in [0.717, 1.165) is 22.4 Å². The van der Waals surface area contributed by atoms with Crippen molar-refractivity contribution in [2.75, 3.05) is 25.2 Å². The molecule has 1 aromatic heterocycles. The molecule has 0 saturated heterocycles. The summed E-state index contributed by atoms with van der Waals surface area (Å²) in [7, 11) is 3.80. The number of thiophene rings is 1. The second-order valence-corrected chi connectivity index (χ2v) is 8.97. The lowest BCUT2D eigenvalue weighted by atomic mass is 10.1. The second kappa shape index (κ2) is 9.42. The highest BCUT2D eigenvalue weighted by Crippen LogP contribution is 2.31. The van der Waals surface area contributed by atoms with Crippen molar-refractivity contribution < 1.29 is 9.53 Å². The Labute approximate surface area is 192 Å². The average Bonchev–Trinajstić information content (AvgIpc) is 3.24. The van der Waals surface area contributed by atoms with Crippen molar-refractivity contribution in [3.8, 4) is 5.75 Å². The van der Waals surface area contributed by atoms with Gasteiger partial charge in [-0.3, -0.25) is 9.69 Å². The van der Waals surface area contributed by atoms with Crippen LogP contribution in [0.1, 0.15) is 33.8 Å². The van der Waals surface area contributed by atoms with Crippen molar-refractivity contribution in [2.45, 2.75) is 19.5 Å². The van der Waals surface area contributed by atoms with E-state index < -0.39 is 0 Å². The Hall–Kier alpha value is -3.35. The molecule has 0 fully saturated rings. The van der Waals surface area contributed by atoms with Crippen LogP contribution in [-0.4, -0.2) is 25.0 Å². The predicted molar refractivity (Wildman–Crippen MR) is 134 cm³/mol. The number of nitrogens with two attached hydrogens (primary N) is 1. The van der Waals surface area contributed by atoms with E-state index in [-0.39, 0.29) is 11.9 Å². The van der Waals surface area contributed by atoms with Crippen LogP contribution < -0.4 is 15.8 Å². The van der Waals surface area contributed by atoms with Gasteiger partial charge in [0.2, 0.25) is 0 Å². The van der Waals surface area contributed by atoms with Gasteiger partial charge in [-0.2, -0.15) is 0 Å². The van der Waals surface area contributed by atoms with Crippen LogP contribution in [0.25, 0.3) is 10.1 Å². The van der Waals surface area contributed by atoms with Crippen LogP contribution in [-0.2, 0) is 6.54 Å². The van der Waals surface area contributed by atoms with Gasteiger partial charge in [0.25, 0.3) is 5.91 Å². The number of benzene rings is 3. The summed E-state index contributed by atoms with van der Waals surface area (Å²) in [5.41, 5.74) is 9.58. The van der Waals surface area contributed by atoms with Gasteiger partial charge in [-0.05, 0) is 66.9 Å². The molecule has 6 heteroatoms. The fourth-order valence-electron chi connectivity index (χ4n) is 3.62. The largest absolute Gasteiger partial charge is 0.497 e. The van der Waals surface area contributed by atoms with Crippen molar-refractivity contribution in [1.29, 1.82) is 0 Å². The molecule has 1 atom stereocenters. The van der Waals surface area contributed by atoms with Gasteiger partial charge in [0.05, 0.1) is 23.4 Å². The normalized spacial score (nSPS) is 12.1. The van der Waals surface area contributed by atoms with Gasteiger partial charge in [-0.25, -0.2) is 0 Å². The number of ether oxygens (including phenoxy) is 1. The SMILES string of the molecule is COc1ccc(CN(C)C(C)c2ccc3cc(C(=O)Nc4ccccc4N)sc3c2)cc1. The first kappa shape index (κ1) is 21.9. The van der Waals surface area contributed by atoms with Crippen LogP contribution in [0.5, 0.6) is 5.75 Å². The molecule has 0 aliphatic heterocycles. The Kier molecular flexibility index (Phi) is 6.44. The first-order valence-corrected chi connectivity index (χ1v) is 11.3. The number of nitrogens with one attached hydrogen (secondary N) is 1. The van der Waals surface area contributed by atoms with Gasteiger partial charge in [0, 0.05) is 17.3 Å². The third-order valence-corrected chi connectivity index (χ3v) is 6.81. The smallest absolute Gasteiger partial charge is 0.265 e. The first-order chi connectivity index (χ1) is 15.4. The number of carbonyl (C=O) groups excluding carboxylic acids is 1. The lowest BCUT2D eigenvalue weighted by Gasteiger charge is -2.25. The maximum atomic E-state index is 12.7. The summed E-state index contributed by atoms with van der Waals surface area (Å²) in [6, 6.07) is 24.0. The molecule has 1 heterocycles. The third kappa shape index (κ3) is 4.77. The van der Waals surface area contributed by atoms with E-state index in [1.165, 1.54) is 22.5 Å². The predicted octanol–water partition coefficient (Wildman–Crippen LogP) is 5.94. The number of carbonyl (C=O) groups is 1. The van der Waals surface area contributed by atoms with Crippen LogP contribution in [0.15, 0.2) is 72.8 Å². The lowest BCUT2D eigenvalue weighted by molar-refractivity contribution is 0.103. The molecular formula is C26H27N3O2S. The standard InChI is InChI=1S/C26H27N3O2S/c1-17(29(2)16-18-8-12-21(31-3)13-9-18)19-10-11-20-15-25(32-24(20)14-19)26(30)28-23-7-5-4-6-22(23)27/h4-15,17H,16,27H2,1-3H3,(H,28,30). The number of nitrogen functional groups attached to an aromatic ring is 1. The molecule has 3 aromatic carbocycles. The minimum Gasteiger partial charge on any atom is -0.497 e. The van der Waals surface area contributed by atoms with Crippen LogP contribution in [0.2, 0.25) is 0 Å². The van der Waals surface area contributed by atoms with E-state index in [0.29, 0.717) is 16.3 Å². The molecule has 0 spiro atoms. The summed E-state index contributed by atoms with van der Waals surface area (Å²) in [6.45, 7) is 3.03. The number of para-hydroxylation sites is 2. The number of nitrogens with zero attached hydrogens (tertiary/aromatic N) is 1. The fourth-order valence-corrected chi connectivity index (χ4v) is 4.63. The number of rotatable bonds is 7. The van der Waals surface area contributed by atoms with Crippen molar-refractivity contribution in [2.24, 2.45) is 0 Å². The monoisotopic (exact) mass is 445 g/mol. The molecule has 164 valence electrons. The molecule has 0 radical (unpaired) electrons. The zero-order valence-electron chi connectivity index (χ0n) is 18.5. The van der Waals surface area contributed by atoms with Crippen LogP contribution >= 0.6 is 11.3 Å². The Morgan fingerprint density at radius 2 is 1.84 bits per heavy atom. The second-order valence-electron chi connectivity index (χ2n) is 7.89. The number of methoxy groups -OCH3 is 1. The van der Waals surface area contributed by atoms with Crippen LogP contribution in [0.3, 0.4) is 0 Å². The Morgan fingerprint density at radius 1 is 1.09 bits per heavy atom. The highest BCUT2D eigenvalue weighted by Gasteiger charge is 2.16. The minimum atomic E-state index is -0.143. The Bertz CT molecular complexity index is 1230. The Balaban J connectivity index is 1.49.